The molecule has 3 heteroatoms. The van der Waals surface area contributed by atoms with E-state index in [0.717, 1.165) is 37.2 Å². The van der Waals surface area contributed by atoms with Crippen molar-refractivity contribution < 1.29 is 9.47 Å². The summed E-state index contributed by atoms with van der Waals surface area (Å²) in [6.45, 7) is 7.51. The number of rotatable bonds is 9. The highest BCUT2D eigenvalue weighted by Crippen LogP contribution is 2.26. The molecule has 0 fully saturated rings. The Balaban J connectivity index is 2.67. The van der Waals surface area contributed by atoms with Gasteiger partial charge < -0.3 is 15.2 Å². The van der Waals surface area contributed by atoms with Crippen LogP contribution in [0.15, 0.2) is 18.2 Å². The SMILES string of the molecule is CCOc1ccc(OCC)c(CCCC(N)CC)c1. The van der Waals surface area contributed by atoms with Gasteiger partial charge in [-0.15, -0.1) is 0 Å². The fourth-order valence-corrected chi connectivity index (χ4v) is 2.06. The van der Waals surface area contributed by atoms with E-state index >= 15 is 0 Å². The van der Waals surface area contributed by atoms with Crippen LogP contribution in [0.2, 0.25) is 0 Å². The first-order valence-electron chi connectivity index (χ1n) is 7.35. The molecule has 0 aliphatic carbocycles. The first kappa shape index (κ1) is 15.8. The minimum absolute atomic E-state index is 0.311. The molecule has 1 aromatic carbocycles. The largest absolute Gasteiger partial charge is 0.494 e. The summed E-state index contributed by atoms with van der Waals surface area (Å²) in [6, 6.07) is 6.37. The van der Waals surface area contributed by atoms with Crippen molar-refractivity contribution in [1.82, 2.24) is 0 Å². The lowest BCUT2D eigenvalue weighted by atomic mass is 10.0. The lowest BCUT2D eigenvalue weighted by Crippen LogP contribution is -2.18. The van der Waals surface area contributed by atoms with Crippen molar-refractivity contribution in [2.45, 2.75) is 52.5 Å². The summed E-state index contributed by atoms with van der Waals surface area (Å²) >= 11 is 0. The standard InChI is InChI=1S/C16H27NO2/c1-4-14(17)9-7-8-13-12-15(18-5-2)10-11-16(13)19-6-3/h10-12,14H,4-9,17H2,1-3H3. The van der Waals surface area contributed by atoms with E-state index in [0.29, 0.717) is 19.3 Å². The molecule has 1 aromatic rings. The van der Waals surface area contributed by atoms with Gasteiger partial charge in [0.05, 0.1) is 13.2 Å². The lowest BCUT2D eigenvalue weighted by molar-refractivity contribution is 0.327. The number of nitrogens with two attached hydrogens (primary N) is 1. The Labute approximate surface area is 117 Å². The first-order chi connectivity index (χ1) is 9.21. The molecule has 1 rings (SSSR count). The van der Waals surface area contributed by atoms with Crippen LogP contribution < -0.4 is 15.2 Å². The van der Waals surface area contributed by atoms with Crippen molar-refractivity contribution in [3.63, 3.8) is 0 Å². The van der Waals surface area contributed by atoms with Crippen LogP contribution in [0.3, 0.4) is 0 Å². The number of aryl methyl sites for hydroxylation is 1. The maximum absolute atomic E-state index is 5.96. The maximum atomic E-state index is 5.96. The average molecular weight is 265 g/mol. The molecule has 0 aliphatic rings. The van der Waals surface area contributed by atoms with Gasteiger partial charge in [-0.05, 0) is 63.3 Å². The highest BCUT2D eigenvalue weighted by Gasteiger charge is 2.07. The van der Waals surface area contributed by atoms with Crippen molar-refractivity contribution in [2.75, 3.05) is 13.2 Å². The highest BCUT2D eigenvalue weighted by molar-refractivity contribution is 5.40. The van der Waals surface area contributed by atoms with Crippen LogP contribution in [0.4, 0.5) is 0 Å². The predicted molar refractivity (Wildman–Crippen MR) is 80.0 cm³/mol. The molecule has 0 aliphatic heterocycles. The second-order valence-electron chi connectivity index (χ2n) is 4.70. The van der Waals surface area contributed by atoms with Crippen LogP contribution >= 0.6 is 0 Å². The molecule has 0 amide bonds. The van der Waals surface area contributed by atoms with Crippen LogP contribution in [-0.4, -0.2) is 19.3 Å². The topological polar surface area (TPSA) is 44.5 Å². The lowest BCUT2D eigenvalue weighted by Gasteiger charge is -2.13. The Morgan fingerprint density at radius 3 is 2.47 bits per heavy atom. The van der Waals surface area contributed by atoms with Crippen LogP contribution in [0.5, 0.6) is 11.5 Å². The molecule has 0 spiro atoms. The zero-order valence-electron chi connectivity index (χ0n) is 12.4. The predicted octanol–water partition coefficient (Wildman–Crippen LogP) is 3.54. The molecule has 19 heavy (non-hydrogen) atoms. The van der Waals surface area contributed by atoms with E-state index in [1.807, 2.05) is 26.0 Å². The minimum atomic E-state index is 0.311. The number of benzene rings is 1. The van der Waals surface area contributed by atoms with Crippen molar-refractivity contribution in [1.29, 1.82) is 0 Å². The van der Waals surface area contributed by atoms with Gasteiger partial charge in [-0.1, -0.05) is 6.92 Å². The Kier molecular flexibility index (Phi) is 7.34. The van der Waals surface area contributed by atoms with Crippen LogP contribution in [0, 0.1) is 0 Å². The van der Waals surface area contributed by atoms with Crippen molar-refractivity contribution >= 4 is 0 Å². The van der Waals surface area contributed by atoms with E-state index in [-0.39, 0.29) is 0 Å². The molecule has 1 unspecified atom stereocenters. The third-order valence-corrected chi connectivity index (χ3v) is 3.19. The van der Waals surface area contributed by atoms with Crippen molar-refractivity contribution in [3.8, 4) is 11.5 Å². The monoisotopic (exact) mass is 265 g/mol. The zero-order chi connectivity index (χ0) is 14.1. The van der Waals surface area contributed by atoms with Gasteiger partial charge in [-0.3, -0.25) is 0 Å². The van der Waals surface area contributed by atoms with E-state index < -0.39 is 0 Å². The van der Waals surface area contributed by atoms with E-state index in [1.165, 1.54) is 5.56 Å². The molecule has 108 valence electrons. The fraction of sp³-hybridized carbons (Fsp3) is 0.625. The summed E-state index contributed by atoms with van der Waals surface area (Å²) in [7, 11) is 0. The highest BCUT2D eigenvalue weighted by atomic mass is 16.5. The van der Waals surface area contributed by atoms with Gasteiger partial charge in [-0.25, -0.2) is 0 Å². The van der Waals surface area contributed by atoms with E-state index in [4.69, 9.17) is 15.2 Å². The van der Waals surface area contributed by atoms with Gasteiger partial charge in [0.1, 0.15) is 11.5 Å². The van der Waals surface area contributed by atoms with Gasteiger partial charge in [-0.2, -0.15) is 0 Å². The normalized spacial score (nSPS) is 12.2. The second-order valence-corrected chi connectivity index (χ2v) is 4.70. The Morgan fingerprint density at radius 2 is 1.84 bits per heavy atom. The van der Waals surface area contributed by atoms with Gasteiger partial charge in [0.15, 0.2) is 0 Å². The van der Waals surface area contributed by atoms with Gasteiger partial charge in [0.2, 0.25) is 0 Å². The van der Waals surface area contributed by atoms with Crippen molar-refractivity contribution in [3.05, 3.63) is 23.8 Å². The molecule has 0 bridgehead atoms. The van der Waals surface area contributed by atoms with Crippen molar-refractivity contribution in [2.24, 2.45) is 5.73 Å². The van der Waals surface area contributed by atoms with E-state index in [2.05, 4.69) is 13.0 Å². The fourth-order valence-electron chi connectivity index (χ4n) is 2.06. The van der Waals surface area contributed by atoms with Gasteiger partial charge >= 0.3 is 0 Å². The average Bonchev–Trinajstić information content (AvgIpc) is 2.41. The number of ether oxygens (including phenoxy) is 2. The summed E-state index contributed by atoms with van der Waals surface area (Å²) in [5.74, 6) is 1.89. The summed E-state index contributed by atoms with van der Waals surface area (Å²) in [5.41, 5.74) is 7.17. The summed E-state index contributed by atoms with van der Waals surface area (Å²) in [4.78, 5) is 0. The molecule has 0 saturated carbocycles. The Bertz CT molecular complexity index is 366. The van der Waals surface area contributed by atoms with Crippen LogP contribution in [0.1, 0.15) is 45.6 Å². The molecule has 0 aromatic heterocycles. The first-order valence-corrected chi connectivity index (χ1v) is 7.35. The third kappa shape index (κ3) is 5.52. The maximum Gasteiger partial charge on any atom is 0.122 e. The minimum Gasteiger partial charge on any atom is -0.494 e. The molecule has 1 atom stereocenters. The molecule has 0 radical (unpaired) electrons. The molecule has 3 nitrogen and oxygen atoms in total. The zero-order valence-corrected chi connectivity index (χ0v) is 12.4. The molecular weight excluding hydrogens is 238 g/mol. The summed E-state index contributed by atoms with van der Waals surface area (Å²) < 4.78 is 11.2. The van der Waals surface area contributed by atoms with Gasteiger partial charge in [0, 0.05) is 6.04 Å². The molecule has 0 saturated heterocycles. The number of hydrogen-bond donors (Lipinski definition) is 1. The quantitative estimate of drug-likeness (QED) is 0.742. The summed E-state index contributed by atoms with van der Waals surface area (Å²) in [5, 5.41) is 0. The van der Waals surface area contributed by atoms with E-state index in [1.54, 1.807) is 0 Å². The molecular formula is C16H27NO2. The smallest absolute Gasteiger partial charge is 0.122 e. The summed E-state index contributed by atoms with van der Waals surface area (Å²) in [6.07, 6.45) is 4.17. The van der Waals surface area contributed by atoms with E-state index in [9.17, 15) is 0 Å². The molecule has 0 heterocycles. The molecule has 2 N–H and O–H groups in total. The van der Waals surface area contributed by atoms with Crippen LogP contribution in [-0.2, 0) is 6.42 Å². The van der Waals surface area contributed by atoms with Gasteiger partial charge in [0.25, 0.3) is 0 Å². The second kappa shape index (κ2) is 8.81. The van der Waals surface area contributed by atoms with Crippen LogP contribution in [0.25, 0.3) is 0 Å². The Morgan fingerprint density at radius 1 is 1.11 bits per heavy atom. The Hall–Kier alpha value is -1.22. The third-order valence-electron chi connectivity index (χ3n) is 3.19. The number of hydrogen-bond acceptors (Lipinski definition) is 3.